The van der Waals surface area contributed by atoms with E-state index in [1.807, 2.05) is 7.05 Å². The zero-order chi connectivity index (χ0) is 20.5. The lowest BCUT2D eigenvalue weighted by atomic mass is 10.0. The van der Waals surface area contributed by atoms with E-state index >= 15 is 0 Å². The predicted molar refractivity (Wildman–Crippen MR) is 99.7 cm³/mol. The second kappa shape index (κ2) is 10.5. The van der Waals surface area contributed by atoms with Gasteiger partial charge in [-0.3, -0.25) is 29.4 Å². The van der Waals surface area contributed by atoms with Gasteiger partial charge in [0.25, 0.3) is 5.91 Å². The van der Waals surface area contributed by atoms with Gasteiger partial charge >= 0.3 is 0 Å². The topological polar surface area (TPSA) is 114 Å². The van der Waals surface area contributed by atoms with Crippen molar-refractivity contribution in [2.24, 2.45) is 0 Å². The van der Waals surface area contributed by atoms with E-state index in [4.69, 9.17) is 9.47 Å². The normalized spacial score (nSPS) is 16.4. The van der Waals surface area contributed by atoms with Gasteiger partial charge in [0.05, 0.1) is 18.8 Å². The lowest BCUT2D eigenvalue weighted by Gasteiger charge is -2.31. The van der Waals surface area contributed by atoms with Crippen molar-refractivity contribution in [1.29, 1.82) is 0 Å². The van der Waals surface area contributed by atoms with Crippen LogP contribution in [0.4, 0.5) is 0 Å². The molecule has 9 nitrogen and oxygen atoms in total. The third kappa shape index (κ3) is 5.61. The standard InChI is InChI=1S/C19H25N3O6/c1-13(23)22(15-7-8-17(24)21-18(15)25)19(26)14-5-3-4-6-16(14)28-12-11-27-10-9-20-2/h3-6,15,20H,7-12H2,1-2H3,(H,21,24,25). The van der Waals surface area contributed by atoms with Gasteiger partial charge in [-0.2, -0.15) is 0 Å². The number of amides is 4. The number of hydrogen-bond donors (Lipinski definition) is 2. The maximum Gasteiger partial charge on any atom is 0.264 e. The molecule has 1 atom stereocenters. The molecule has 1 aliphatic rings. The van der Waals surface area contributed by atoms with Crippen molar-refractivity contribution in [2.45, 2.75) is 25.8 Å². The number of ether oxygens (including phenoxy) is 2. The van der Waals surface area contributed by atoms with Crippen LogP contribution in [-0.4, -0.2) is 68.0 Å². The largest absolute Gasteiger partial charge is 0.490 e. The Kier molecular flexibility index (Phi) is 8.09. The van der Waals surface area contributed by atoms with Crippen LogP contribution in [0.3, 0.4) is 0 Å². The lowest BCUT2D eigenvalue weighted by Crippen LogP contribution is -2.55. The first-order valence-electron chi connectivity index (χ1n) is 9.07. The van der Waals surface area contributed by atoms with E-state index in [9.17, 15) is 19.2 Å². The molecule has 1 saturated heterocycles. The van der Waals surface area contributed by atoms with Crippen molar-refractivity contribution in [2.75, 3.05) is 33.4 Å². The predicted octanol–water partition coefficient (Wildman–Crippen LogP) is 0.0953. The highest BCUT2D eigenvalue weighted by atomic mass is 16.5. The minimum atomic E-state index is -1.03. The highest BCUT2D eigenvalue weighted by molar-refractivity contribution is 6.10. The fourth-order valence-corrected chi connectivity index (χ4v) is 2.82. The van der Waals surface area contributed by atoms with Gasteiger partial charge in [-0.15, -0.1) is 0 Å². The second-order valence-corrected chi connectivity index (χ2v) is 6.22. The summed E-state index contributed by atoms with van der Waals surface area (Å²) in [6, 6.07) is 5.47. The van der Waals surface area contributed by atoms with E-state index in [2.05, 4.69) is 10.6 Å². The molecule has 0 saturated carbocycles. The van der Waals surface area contributed by atoms with Crippen molar-refractivity contribution in [1.82, 2.24) is 15.5 Å². The number of piperidine rings is 1. The van der Waals surface area contributed by atoms with Gasteiger partial charge in [0.1, 0.15) is 18.4 Å². The summed E-state index contributed by atoms with van der Waals surface area (Å²) in [4.78, 5) is 49.5. The monoisotopic (exact) mass is 391 g/mol. The molecule has 1 unspecified atom stereocenters. The Morgan fingerprint density at radius 3 is 2.64 bits per heavy atom. The quantitative estimate of drug-likeness (QED) is 0.453. The van der Waals surface area contributed by atoms with Crippen LogP contribution in [0.25, 0.3) is 0 Å². The summed E-state index contributed by atoms with van der Waals surface area (Å²) in [5.74, 6) is -2.00. The van der Waals surface area contributed by atoms with Gasteiger partial charge < -0.3 is 14.8 Å². The molecule has 1 fully saturated rings. The molecule has 28 heavy (non-hydrogen) atoms. The summed E-state index contributed by atoms with van der Waals surface area (Å²) < 4.78 is 11.0. The van der Waals surface area contributed by atoms with Crippen LogP contribution in [0.2, 0.25) is 0 Å². The van der Waals surface area contributed by atoms with Gasteiger partial charge in [-0.05, 0) is 25.6 Å². The SMILES string of the molecule is CNCCOCCOc1ccccc1C(=O)N(C(C)=O)C1CCC(=O)NC1=O. The third-order valence-electron chi connectivity index (χ3n) is 4.18. The molecule has 2 rings (SSSR count). The summed E-state index contributed by atoms with van der Waals surface area (Å²) in [5, 5.41) is 5.13. The number of nitrogens with one attached hydrogen (secondary N) is 2. The number of hydrogen-bond acceptors (Lipinski definition) is 7. The number of carbonyl (C=O) groups excluding carboxylic acids is 4. The van der Waals surface area contributed by atoms with E-state index in [1.165, 1.54) is 13.0 Å². The number of imide groups is 2. The fourth-order valence-electron chi connectivity index (χ4n) is 2.82. The second-order valence-electron chi connectivity index (χ2n) is 6.22. The van der Waals surface area contributed by atoms with Crippen molar-refractivity contribution in [3.05, 3.63) is 29.8 Å². The van der Waals surface area contributed by atoms with Crippen LogP contribution in [0.15, 0.2) is 24.3 Å². The maximum atomic E-state index is 13.0. The molecule has 4 amide bonds. The first-order chi connectivity index (χ1) is 13.5. The van der Waals surface area contributed by atoms with E-state index in [0.29, 0.717) is 25.5 Å². The molecule has 0 spiro atoms. The minimum absolute atomic E-state index is 0.0650. The number of nitrogens with zero attached hydrogens (tertiary/aromatic N) is 1. The Hall–Kier alpha value is -2.78. The van der Waals surface area contributed by atoms with Crippen LogP contribution >= 0.6 is 0 Å². The number of rotatable bonds is 9. The van der Waals surface area contributed by atoms with Crippen LogP contribution in [-0.2, 0) is 19.1 Å². The van der Waals surface area contributed by atoms with Crippen molar-refractivity contribution in [3.63, 3.8) is 0 Å². The molecule has 0 aromatic heterocycles. The number of carbonyl (C=O) groups is 4. The van der Waals surface area contributed by atoms with E-state index in [1.54, 1.807) is 18.2 Å². The molecular weight excluding hydrogens is 366 g/mol. The molecule has 0 bridgehead atoms. The molecule has 1 aromatic carbocycles. The van der Waals surface area contributed by atoms with Crippen molar-refractivity contribution >= 4 is 23.6 Å². The van der Waals surface area contributed by atoms with Crippen LogP contribution in [0.1, 0.15) is 30.1 Å². The maximum absolute atomic E-state index is 13.0. The number of benzene rings is 1. The number of likely N-dealkylation sites (N-methyl/N-ethyl adjacent to an activating group) is 1. The molecule has 1 heterocycles. The van der Waals surface area contributed by atoms with Gasteiger partial charge in [0, 0.05) is 19.9 Å². The molecule has 0 aliphatic carbocycles. The molecule has 1 aliphatic heterocycles. The van der Waals surface area contributed by atoms with Gasteiger partial charge in [0.2, 0.25) is 17.7 Å². The summed E-state index contributed by atoms with van der Waals surface area (Å²) in [5.41, 5.74) is 0.164. The van der Waals surface area contributed by atoms with E-state index in [-0.39, 0.29) is 25.0 Å². The minimum Gasteiger partial charge on any atom is -0.490 e. The average molecular weight is 391 g/mol. The first kappa shape index (κ1) is 21.5. The molecule has 0 radical (unpaired) electrons. The van der Waals surface area contributed by atoms with Crippen molar-refractivity contribution < 1.29 is 28.7 Å². The fraction of sp³-hybridized carbons (Fsp3) is 0.474. The lowest BCUT2D eigenvalue weighted by molar-refractivity contribution is -0.142. The van der Waals surface area contributed by atoms with Crippen molar-refractivity contribution in [3.8, 4) is 5.75 Å². The van der Waals surface area contributed by atoms with E-state index < -0.39 is 29.7 Å². The summed E-state index contributed by atoms with van der Waals surface area (Å²) in [6.45, 7) is 3.03. The Bertz CT molecular complexity index is 736. The molecule has 1 aromatic rings. The molecule has 152 valence electrons. The molecular formula is C19H25N3O6. The van der Waals surface area contributed by atoms with E-state index in [0.717, 1.165) is 4.90 Å². The summed E-state index contributed by atoms with van der Waals surface area (Å²) >= 11 is 0. The third-order valence-corrected chi connectivity index (χ3v) is 4.18. The highest BCUT2D eigenvalue weighted by Crippen LogP contribution is 2.23. The summed E-state index contributed by atoms with van der Waals surface area (Å²) in [7, 11) is 1.82. The first-order valence-corrected chi connectivity index (χ1v) is 9.07. The Balaban J connectivity index is 2.11. The Labute approximate surface area is 163 Å². The summed E-state index contributed by atoms with van der Waals surface area (Å²) in [6.07, 6.45) is 0.161. The molecule has 2 N–H and O–H groups in total. The average Bonchev–Trinajstić information content (AvgIpc) is 2.66. The Morgan fingerprint density at radius 1 is 1.21 bits per heavy atom. The zero-order valence-electron chi connectivity index (χ0n) is 16.0. The Morgan fingerprint density at radius 2 is 1.96 bits per heavy atom. The zero-order valence-corrected chi connectivity index (χ0v) is 16.0. The van der Waals surface area contributed by atoms with Crippen LogP contribution < -0.4 is 15.4 Å². The van der Waals surface area contributed by atoms with Crippen LogP contribution in [0.5, 0.6) is 5.75 Å². The number of para-hydroxylation sites is 1. The molecule has 9 heteroatoms. The smallest absolute Gasteiger partial charge is 0.264 e. The van der Waals surface area contributed by atoms with Gasteiger partial charge in [-0.25, -0.2) is 0 Å². The van der Waals surface area contributed by atoms with Gasteiger partial charge in [-0.1, -0.05) is 12.1 Å². The van der Waals surface area contributed by atoms with Crippen LogP contribution in [0, 0.1) is 0 Å². The highest BCUT2D eigenvalue weighted by Gasteiger charge is 2.37. The van der Waals surface area contributed by atoms with Gasteiger partial charge in [0.15, 0.2) is 0 Å².